The minimum atomic E-state index is -1.34. The summed E-state index contributed by atoms with van der Waals surface area (Å²) in [6, 6.07) is 93.9. The summed E-state index contributed by atoms with van der Waals surface area (Å²) in [5.74, 6) is 0. The van der Waals surface area contributed by atoms with Crippen LogP contribution in [-0.4, -0.2) is 96.6 Å². The van der Waals surface area contributed by atoms with Crippen molar-refractivity contribution in [1.29, 1.82) is 0 Å². The van der Waals surface area contributed by atoms with Crippen LogP contribution in [0.3, 0.4) is 0 Å². The maximum absolute atomic E-state index is 11.3. The third kappa shape index (κ3) is 27.5. The Balaban J connectivity index is 0.000000168. The molecule has 21 nitrogen and oxygen atoms in total. The lowest BCUT2D eigenvalue weighted by Gasteiger charge is -2.32. The summed E-state index contributed by atoms with van der Waals surface area (Å²) in [5, 5.41) is 65.7. The van der Waals surface area contributed by atoms with Gasteiger partial charge in [0, 0.05) is 88.9 Å². The van der Waals surface area contributed by atoms with Crippen LogP contribution in [0.1, 0.15) is 83.1 Å². The van der Waals surface area contributed by atoms with Crippen LogP contribution >= 0.6 is 139 Å². The van der Waals surface area contributed by atoms with Gasteiger partial charge in [-0.2, -0.15) is 0 Å². The average molecular weight is 2250 g/mol. The average Bonchev–Trinajstić information content (AvgIpc) is 1.56. The number of hydrogen-bond acceptors (Lipinski definition) is 16. The Hall–Kier alpha value is -8.74. The highest BCUT2D eigenvalue weighted by atomic mass is 127. The van der Waals surface area contributed by atoms with Crippen molar-refractivity contribution in [2.75, 3.05) is 0 Å². The first kappa shape index (κ1) is 105. The Labute approximate surface area is 829 Å². The normalized spacial score (nSPS) is 14.7. The number of para-hydroxylation sites is 5. The lowest BCUT2D eigenvalue weighted by molar-refractivity contribution is -0.385. The molecule has 0 unspecified atom stereocenters. The number of nitro benzene ring substituents is 4. The summed E-state index contributed by atoms with van der Waals surface area (Å²) < 4.78 is 40.1. The maximum Gasteiger partial charge on any atom is 0.501 e. The second kappa shape index (κ2) is 47.3. The second-order valence-corrected chi connectivity index (χ2v) is 38.5. The fraction of sp³-hybridized carbons (Fsp3) is 0.188. The smallest absolute Gasteiger partial charge is 0.423 e. The maximum atomic E-state index is 11.3. The van der Waals surface area contributed by atoms with E-state index in [2.05, 4.69) is 140 Å². The first-order chi connectivity index (χ1) is 61.4. The molecule has 3 N–H and O–H groups in total. The van der Waals surface area contributed by atoms with Gasteiger partial charge in [0.15, 0.2) is 0 Å². The van der Waals surface area contributed by atoms with Crippen molar-refractivity contribution in [3.8, 4) is 44.5 Å². The Morgan fingerprint density at radius 2 is 0.700 bits per heavy atom. The van der Waals surface area contributed by atoms with E-state index in [1.54, 1.807) is 127 Å². The number of hydrogen-bond donors (Lipinski definition) is 3. The van der Waals surface area contributed by atoms with E-state index < -0.39 is 54.2 Å². The molecule has 0 radical (unpaired) electrons. The zero-order valence-corrected chi connectivity index (χ0v) is 84.7. The SMILES string of the molecule is CC1(C)OB(B2OC(C)(C)C(C)(C)O2)OC1(C)C.CC1(C)OB(c2ccccc2[N+](=O)[O-])OC1(C)C.Clc1ccc2[nH]c3ccccc3c2c1-c1ccccc1.Clc1cccc(I)c1Br.Ic1ccccc1.O=[N+]([O-])c1ccccc1-c1cccc(Cl)c1-c1ccccc1.O=[N+]([O-])c1ccccc1-c1cccc(Cl)c1Br.O=[N+]([O-])c1ccccc1Br.OB(O)c1ccccc1. The Morgan fingerprint density at radius 1 is 0.346 bits per heavy atom. The van der Waals surface area contributed by atoms with Gasteiger partial charge in [-0.15, -0.1) is 0 Å². The number of aromatic amines is 1. The molecule has 17 rings (SSSR count). The molecule has 0 bridgehead atoms. The van der Waals surface area contributed by atoms with E-state index in [4.69, 9.17) is 84.4 Å². The first-order valence-electron chi connectivity index (χ1n) is 40.3. The minimum absolute atomic E-state index is 0.0241. The van der Waals surface area contributed by atoms with E-state index in [1.807, 2.05) is 198 Å². The summed E-state index contributed by atoms with van der Waals surface area (Å²) in [6.45, 7) is 23.9. The number of rotatable bonds is 11. The summed E-state index contributed by atoms with van der Waals surface area (Å²) in [7, 11) is -2.99. The Kier molecular flexibility index (Phi) is 38.2. The monoisotopic (exact) mass is 2240 g/mol. The molecule has 0 atom stereocenters. The molecule has 3 fully saturated rings. The van der Waals surface area contributed by atoms with Gasteiger partial charge in [-0.25, -0.2) is 0 Å². The van der Waals surface area contributed by atoms with Crippen LogP contribution in [0.2, 0.25) is 20.1 Å². The van der Waals surface area contributed by atoms with Crippen LogP contribution in [0.4, 0.5) is 22.7 Å². The van der Waals surface area contributed by atoms with Crippen molar-refractivity contribution >= 4 is 223 Å². The van der Waals surface area contributed by atoms with Gasteiger partial charge in [-0.1, -0.05) is 259 Å². The summed E-state index contributed by atoms with van der Waals surface area (Å²) in [6.07, 6.45) is 0. The molecule has 0 saturated carbocycles. The number of nitrogens with one attached hydrogen (secondary N) is 1. The molecular formula is C96H90B4Br3Cl4I2N5O16. The zero-order chi connectivity index (χ0) is 95.2. The number of halogens is 9. The Morgan fingerprint density at radius 3 is 1.13 bits per heavy atom. The molecule has 1 aromatic heterocycles. The zero-order valence-electron chi connectivity index (χ0n) is 72.6. The van der Waals surface area contributed by atoms with E-state index in [0.29, 0.717) is 46.6 Å². The summed E-state index contributed by atoms with van der Waals surface area (Å²) in [4.78, 5) is 45.3. The standard InChI is InChI=1S/C18H12ClNO2.C18H12ClN.C12H24B2O4.C12H16BNO4.C12H7BrClNO2.C6H7BO2.C6H3BrClI.C6H4BrNO2.C6H5I/c19-16-11-6-10-15(18(16)13-7-2-1-3-8-13)14-9-4-5-12-17(14)20(21)22;19-14-10-11-16-18(13-8-4-5-9-15(13)20-16)17(14)12-6-2-1-3-7-12;1-9(2)10(3,4)16-13(15-9)14-17-11(5,6)12(7,8)18-14;1-11(2)12(3,4)18-13(17-11)9-7-5-6-8-10(9)14(15)16;13-12-9(5-3-6-10(12)14)8-4-1-2-7-11(8)15(16)17;8-7(9)6-4-2-1-3-5-6;7-6-4(8)2-1-3-5(6)9;7-5-3-1-2-4-6(5)8(9)10;7-6-4-2-1-3-5-6/h1-12H;1-11,20H;1-8H3;5-8H,1-4H3;1-7H;1-5,8-9H;1-3H;1-4H;1-5H. The molecule has 34 heteroatoms. The number of H-pyrrole nitrogens is 1. The van der Waals surface area contributed by atoms with E-state index in [9.17, 15) is 40.5 Å². The van der Waals surface area contributed by atoms with E-state index in [0.717, 1.165) is 56.9 Å². The molecule has 670 valence electrons. The number of nitro groups is 4. The molecule has 3 saturated heterocycles. The van der Waals surface area contributed by atoms with Gasteiger partial charge in [0.25, 0.3) is 22.7 Å². The predicted octanol–water partition coefficient (Wildman–Crippen LogP) is 27.8. The quantitative estimate of drug-likeness (QED) is 0.0357. The van der Waals surface area contributed by atoms with Crippen LogP contribution in [0.25, 0.3) is 66.3 Å². The molecule has 0 aliphatic carbocycles. The molecule has 0 spiro atoms. The van der Waals surface area contributed by atoms with Gasteiger partial charge in [0.05, 0.1) is 84.4 Å². The molecule has 130 heavy (non-hydrogen) atoms. The van der Waals surface area contributed by atoms with Crippen LogP contribution in [0.15, 0.2) is 323 Å². The highest BCUT2D eigenvalue weighted by molar-refractivity contribution is 14.1. The number of fused-ring (bicyclic) bond motifs is 3. The fourth-order valence-corrected chi connectivity index (χ4v) is 16.0. The van der Waals surface area contributed by atoms with Gasteiger partial charge in [0.1, 0.15) is 0 Å². The third-order valence-corrected chi connectivity index (χ3v) is 28.1. The molecule has 13 aromatic carbocycles. The topological polar surface area (TPSA) is 284 Å². The highest BCUT2D eigenvalue weighted by Crippen LogP contribution is 2.46. The van der Waals surface area contributed by atoms with E-state index in [-0.39, 0.29) is 50.1 Å². The van der Waals surface area contributed by atoms with Crippen molar-refractivity contribution in [2.45, 2.75) is 117 Å². The lowest BCUT2D eigenvalue weighted by atomic mass is 9.49. The molecule has 3 aliphatic rings. The molecule has 14 aromatic rings. The first-order valence-corrected chi connectivity index (χ1v) is 46.3. The number of aromatic nitrogens is 1. The summed E-state index contributed by atoms with van der Waals surface area (Å²) >= 11 is 38.8. The van der Waals surface area contributed by atoms with Crippen molar-refractivity contribution in [1.82, 2.24) is 4.98 Å². The third-order valence-electron chi connectivity index (χ3n) is 21.7. The highest BCUT2D eigenvalue weighted by Gasteiger charge is 2.64. The van der Waals surface area contributed by atoms with Crippen LogP contribution < -0.4 is 10.9 Å². The Bertz CT molecular complexity index is 6130. The molecular weight excluding hydrogens is 2160 g/mol. The number of nitrogens with zero attached hydrogens (tertiary/aromatic N) is 4. The van der Waals surface area contributed by atoms with Gasteiger partial charge in [-0.05, 0) is 271 Å². The molecule has 0 amide bonds. The van der Waals surface area contributed by atoms with Crippen LogP contribution in [0.5, 0.6) is 0 Å². The van der Waals surface area contributed by atoms with Gasteiger partial charge >= 0.3 is 28.3 Å². The fourth-order valence-electron chi connectivity index (χ4n) is 12.8. The lowest BCUT2D eigenvalue weighted by Crippen LogP contribution is -2.41. The van der Waals surface area contributed by atoms with Gasteiger partial charge in [0.2, 0.25) is 0 Å². The van der Waals surface area contributed by atoms with Crippen LogP contribution in [0, 0.1) is 47.6 Å². The van der Waals surface area contributed by atoms with Crippen molar-refractivity contribution in [2.24, 2.45) is 0 Å². The minimum Gasteiger partial charge on any atom is -0.423 e. The van der Waals surface area contributed by atoms with Crippen LogP contribution in [-0.2, 0) is 27.9 Å². The van der Waals surface area contributed by atoms with Crippen molar-refractivity contribution < 1.29 is 57.7 Å². The largest absolute Gasteiger partial charge is 0.501 e. The molecule has 4 heterocycles. The van der Waals surface area contributed by atoms with Gasteiger partial charge < -0.3 is 43.0 Å². The number of benzene rings is 13. The predicted molar refractivity (Wildman–Crippen MR) is 556 cm³/mol. The van der Waals surface area contributed by atoms with Crippen molar-refractivity contribution in [3.63, 3.8) is 0 Å². The summed E-state index contributed by atoms with van der Waals surface area (Å²) in [5.41, 5.74) is 7.63. The van der Waals surface area contributed by atoms with Gasteiger partial charge in [-0.3, -0.25) is 40.5 Å². The second-order valence-electron chi connectivity index (χ2n) is 32.0. The van der Waals surface area contributed by atoms with E-state index >= 15 is 0 Å². The van der Waals surface area contributed by atoms with E-state index in [1.165, 1.54) is 38.6 Å². The molecule has 3 aliphatic heterocycles. The van der Waals surface area contributed by atoms with Crippen molar-refractivity contribution in [3.05, 3.63) is 390 Å².